The fourth-order valence-electron chi connectivity index (χ4n) is 3.25. The normalized spacial score (nSPS) is 11.3. The average Bonchev–Trinajstić information content (AvgIpc) is 3.22. The molecule has 0 saturated heterocycles. The van der Waals surface area contributed by atoms with Gasteiger partial charge in [-0.2, -0.15) is 15.0 Å². The Morgan fingerprint density at radius 3 is 2.66 bits per heavy atom. The molecule has 5 rings (SSSR count). The summed E-state index contributed by atoms with van der Waals surface area (Å²) in [6.45, 7) is 0. The van der Waals surface area contributed by atoms with Crippen molar-refractivity contribution in [3.63, 3.8) is 0 Å². The summed E-state index contributed by atoms with van der Waals surface area (Å²) in [6.07, 6.45) is 0. The highest BCUT2D eigenvalue weighted by Gasteiger charge is 2.16. The van der Waals surface area contributed by atoms with Crippen molar-refractivity contribution < 1.29 is 0 Å². The molecule has 0 spiro atoms. The maximum Gasteiger partial charge on any atom is 0.262 e. The van der Waals surface area contributed by atoms with E-state index in [2.05, 4.69) is 30.5 Å². The highest BCUT2D eigenvalue weighted by Crippen LogP contribution is 2.24. The Labute approximate surface area is 190 Å². The van der Waals surface area contributed by atoms with Crippen molar-refractivity contribution in [1.29, 1.82) is 0 Å². The van der Waals surface area contributed by atoms with Crippen LogP contribution < -0.4 is 16.6 Å². The van der Waals surface area contributed by atoms with Gasteiger partial charge in [-0.3, -0.25) is 13.8 Å². The fourth-order valence-corrected chi connectivity index (χ4v) is 4.18. The molecule has 0 fully saturated rings. The monoisotopic (exact) mass is 465 g/mol. The highest BCUT2D eigenvalue weighted by molar-refractivity contribution is 7.98. The highest BCUT2D eigenvalue weighted by atomic mass is 35.5. The molecule has 0 unspecified atom stereocenters. The molecular weight excluding hydrogens is 450 g/mol. The second kappa shape index (κ2) is 8.09. The largest absolute Gasteiger partial charge is 0.368 e. The minimum atomic E-state index is -0.125. The molecule has 0 bridgehead atoms. The molecule has 0 aliphatic carbocycles. The van der Waals surface area contributed by atoms with Crippen molar-refractivity contribution in [2.45, 2.75) is 10.9 Å². The molecule has 0 saturated carbocycles. The van der Waals surface area contributed by atoms with Crippen LogP contribution in [0.25, 0.3) is 16.7 Å². The molecule has 0 atom stereocenters. The molecule has 12 heteroatoms. The molecule has 10 nitrogen and oxygen atoms in total. The van der Waals surface area contributed by atoms with Gasteiger partial charge >= 0.3 is 0 Å². The van der Waals surface area contributed by atoms with E-state index in [0.717, 1.165) is 11.2 Å². The van der Waals surface area contributed by atoms with Crippen LogP contribution >= 0.6 is 23.4 Å². The van der Waals surface area contributed by atoms with E-state index in [1.165, 1.54) is 16.3 Å². The predicted molar refractivity (Wildman–Crippen MR) is 124 cm³/mol. The van der Waals surface area contributed by atoms with E-state index >= 15 is 0 Å². The zero-order valence-corrected chi connectivity index (χ0v) is 18.3. The zero-order chi connectivity index (χ0) is 22.2. The molecule has 3 N–H and O–H groups in total. The predicted octanol–water partition coefficient (Wildman–Crippen LogP) is 3.04. The van der Waals surface area contributed by atoms with Crippen LogP contribution in [0, 0.1) is 0 Å². The Morgan fingerprint density at radius 1 is 1.06 bits per heavy atom. The Hall–Kier alpha value is -3.70. The molecule has 5 aromatic rings. The van der Waals surface area contributed by atoms with Gasteiger partial charge in [0.05, 0.1) is 16.7 Å². The Morgan fingerprint density at radius 2 is 1.84 bits per heavy atom. The average molecular weight is 466 g/mol. The third-order valence-electron chi connectivity index (χ3n) is 4.73. The lowest BCUT2D eigenvalue weighted by Gasteiger charge is -2.08. The smallest absolute Gasteiger partial charge is 0.262 e. The van der Waals surface area contributed by atoms with Gasteiger partial charge in [0.25, 0.3) is 5.56 Å². The van der Waals surface area contributed by atoms with Crippen LogP contribution in [0.15, 0.2) is 58.5 Å². The van der Waals surface area contributed by atoms with Crippen molar-refractivity contribution in [2.75, 3.05) is 11.1 Å². The fraction of sp³-hybridized carbons (Fsp3) is 0.100. The van der Waals surface area contributed by atoms with Crippen LogP contribution in [0.1, 0.15) is 5.82 Å². The number of fused-ring (bicyclic) bond motifs is 3. The summed E-state index contributed by atoms with van der Waals surface area (Å²) in [6, 6.07) is 14.5. The van der Waals surface area contributed by atoms with E-state index in [-0.39, 0.29) is 11.5 Å². The van der Waals surface area contributed by atoms with Gasteiger partial charge in [0.15, 0.2) is 5.16 Å². The van der Waals surface area contributed by atoms with Crippen molar-refractivity contribution in [2.24, 2.45) is 7.05 Å². The minimum absolute atomic E-state index is 0.103. The quantitative estimate of drug-likeness (QED) is 0.376. The van der Waals surface area contributed by atoms with E-state index in [9.17, 15) is 4.79 Å². The number of nitrogens with one attached hydrogen (secondary N) is 1. The lowest BCUT2D eigenvalue weighted by atomic mass is 10.2. The van der Waals surface area contributed by atoms with Crippen LogP contribution in [0.3, 0.4) is 0 Å². The van der Waals surface area contributed by atoms with Gasteiger partial charge < -0.3 is 11.1 Å². The number of anilines is 3. The molecular formula is C20H16ClN9OS. The maximum atomic E-state index is 12.6. The molecule has 3 aromatic heterocycles. The van der Waals surface area contributed by atoms with Crippen LogP contribution in [-0.4, -0.2) is 34.1 Å². The first-order valence-electron chi connectivity index (χ1n) is 9.48. The van der Waals surface area contributed by atoms with Crippen molar-refractivity contribution >= 4 is 57.6 Å². The molecule has 160 valence electrons. The van der Waals surface area contributed by atoms with Crippen molar-refractivity contribution in [3.8, 4) is 0 Å². The molecule has 3 heterocycles. The topological polar surface area (TPSA) is 129 Å². The summed E-state index contributed by atoms with van der Waals surface area (Å²) >= 11 is 7.31. The number of aromatic nitrogens is 7. The number of nitrogens with two attached hydrogens (primary N) is 1. The Balaban J connectivity index is 1.45. The van der Waals surface area contributed by atoms with Crippen LogP contribution in [0.2, 0.25) is 5.02 Å². The number of halogens is 1. The number of rotatable bonds is 5. The first-order valence-corrected chi connectivity index (χ1v) is 10.8. The van der Waals surface area contributed by atoms with Gasteiger partial charge in [-0.15, -0.1) is 10.2 Å². The summed E-state index contributed by atoms with van der Waals surface area (Å²) < 4.78 is 3.33. The number of para-hydroxylation sites is 1. The summed E-state index contributed by atoms with van der Waals surface area (Å²) in [5, 5.41) is 13.4. The Kier molecular flexibility index (Phi) is 5.11. The minimum Gasteiger partial charge on any atom is -0.368 e. The molecule has 2 aromatic carbocycles. The summed E-state index contributed by atoms with van der Waals surface area (Å²) in [7, 11) is 1.68. The van der Waals surface area contributed by atoms with Gasteiger partial charge in [-0.05, 0) is 36.4 Å². The summed E-state index contributed by atoms with van der Waals surface area (Å²) in [5.74, 6) is 1.74. The van der Waals surface area contributed by atoms with Gasteiger partial charge in [-0.25, -0.2) is 0 Å². The number of hydrogen-bond acceptors (Lipinski definition) is 9. The zero-order valence-electron chi connectivity index (χ0n) is 16.7. The van der Waals surface area contributed by atoms with Gasteiger partial charge in [-0.1, -0.05) is 35.5 Å². The lowest BCUT2D eigenvalue weighted by molar-refractivity contribution is 0.853. The SMILES string of the molecule is Cn1c(=O)c2ccccc2n2c(SCc3nc(N)nc(Nc4ccc(Cl)cc4)n3)nnc12. The molecule has 0 aliphatic heterocycles. The van der Waals surface area contributed by atoms with Crippen LogP contribution in [-0.2, 0) is 12.8 Å². The first kappa shape index (κ1) is 20.2. The van der Waals surface area contributed by atoms with E-state index in [4.69, 9.17) is 17.3 Å². The van der Waals surface area contributed by atoms with Crippen molar-refractivity contribution in [3.05, 3.63) is 69.7 Å². The number of aryl methyl sites for hydroxylation is 1. The number of hydrogen-bond donors (Lipinski definition) is 2. The Bertz CT molecular complexity index is 1510. The van der Waals surface area contributed by atoms with Crippen LogP contribution in [0.5, 0.6) is 0 Å². The van der Waals surface area contributed by atoms with E-state index < -0.39 is 0 Å². The number of nitrogens with zero attached hydrogens (tertiary/aromatic N) is 7. The number of benzene rings is 2. The lowest BCUT2D eigenvalue weighted by Crippen LogP contribution is -2.20. The van der Waals surface area contributed by atoms with E-state index in [0.29, 0.717) is 38.9 Å². The van der Waals surface area contributed by atoms with E-state index in [1.54, 1.807) is 25.2 Å². The standard InChI is InChI=1S/C20H16ClN9OS/c1-29-16(31)13-4-2-3-5-14(13)30-19(29)27-28-20(30)32-10-15-24-17(22)26-18(25-15)23-12-8-6-11(21)7-9-12/h2-9H,10H2,1H3,(H3,22,23,24,25,26). The van der Waals surface area contributed by atoms with Crippen LogP contribution in [0.4, 0.5) is 17.6 Å². The first-order chi connectivity index (χ1) is 15.5. The molecule has 0 amide bonds. The maximum absolute atomic E-state index is 12.6. The molecule has 0 radical (unpaired) electrons. The third kappa shape index (κ3) is 3.72. The van der Waals surface area contributed by atoms with E-state index in [1.807, 2.05) is 34.7 Å². The summed E-state index contributed by atoms with van der Waals surface area (Å²) in [4.78, 5) is 25.4. The van der Waals surface area contributed by atoms with Crippen molar-refractivity contribution in [1.82, 2.24) is 34.1 Å². The van der Waals surface area contributed by atoms with Gasteiger partial charge in [0.2, 0.25) is 17.7 Å². The molecule has 0 aliphatic rings. The third-order valence-corrected chi connectivity index (χ3v) is 5.90. The second-order valence-electron chi connectivity index (χ2n) is 6.85. The second-order valence-corrected chi connectivity index (χ2v) is 8.23. The van der Waals surface area contributed by atoms with Gasteiger partial charge in [0.1, 0.15) is 5.82 Å². The summed E-state index contributed by atoms with van der Waals surface area (Å²) in [5.41, 5.74) is 7.27. The number of thioether (sulfide) groups is 1. The molecule has 32 heavy (non-hydrogen) atoms. The van der Waals surface area contributed by atoms with Gasteiger partial charge in [0, 0.05) is 17.8 Å². The number of nitrogen functional groups attached to an aromatic ring is 1.